The van der Waals surface area contributed by atoms with Gasteiger partial charge in [-0.05, 0) is 102 Å². The molecule has 0 spiro atoms. The van der Waals surface area contributed by atoms with Crippen LogP contribution in [-0.2, 0) is 31.5 Å². The Morgan fingerprint density at radius 2 is 1.68 bits per heavy atom. The van der Waals surface area contributed by atoms with Gasteiger partial charge >= 0.3 is 21.6 Å². The lowest BCUT2D eigenvalue weighted by Gasteiger charge is -2.36. The Labute approximate surface area is 257 Å². The smallest absolute Gasteiger partial charge is 0.466 e. The average molecular weight is 725 g/mol. The zero-order chi connectivity index (χ0) is 31.8. The summed E-state index contributed by atoms with van der Waals surface area (Å²) >= 11 is 2.31. The number of rotatable bonds is 5. The Kier molecular flexibility index (Phi) is 13.5. The van der Waals surface area contributed by atoms with Gasteiger partial charge in [0, 0.05) is 3.57 Å². The molecule has 1 unspecified atom stereocenters. The van der Waals surface area contributed by atoms with E-state index in [2.05, 4.69) is 83.1 Å². The van der Waals surface area contributed by atoms with E-state index in [-0.39, 0.29) is 12.2 Å². The van der Waals surface area contributed by atoms with Gasteiger partial charge in [-0.25, -0.2) is 0 Å². The Balaban J connectivity index is 0.000000456. The number of benzene rings is 2. The van der Waals surface area contributed by atoms with Crippen LogP contribution in [0.4, 0.5) is 13.2 Å². The number of alkyl halides is 3. The van der Waals surface area contributed by atoms with E-state index < -0.39 is 46.8 Å². The minimum Gasteiger partial charge on any atom is -0.466 e. The largest absolute Gasteiger partial charge is 0.534 e. The van der Waals surface area contributed by atoms with Gasteiger partial charge in [0.2, 0.25) is 0 Å². The van der Waals surface area contributed by atoms with Gasteiger partial charge in [0.05, 0.1) is 12.5 Å². The third-order valence-electron chi connectivity index (χ3n) is 6.32. The van der Waals surface area contributed by atoms with E-state index in [4.69, 9.17) is 11.2 Å². The first-order valence-corrected chi connectivity index (χ1v) is 19.2. The molecule has 2 aromatic carbocycles. The standard InChI is InChI=1S/C17H21F3O5S.C8H9I.C5H10Si/c1-5-24-15(21)11-6-7-16(3,4)13-9-14(10(2)8-12(11)13)25-26(22,23)17(18,19)20;1-2-7-3-5-8(9)6-4-7;1-5-6(2,3)4/h8-9,11H,5-7H2,1-4H3;3-6H,2H2,1H3;1H,2-4H3. The maximum atomic E-state index is 12.6. The lowest BCUT2D eigenvalue weighted by Crippen LogP contribution is -2.31. The van der Waals surface area contributed by atoms with Gasteiger partial charge in [-0.3, -0.25) is 4.79 Å². The molecule has 1 aliphatic rings. The van der Waals surface area contributed by atoms with Crippen molar-refractivity contribution < 1.29 is 35.3 Å². The van der Waals surface area contributed by atoms with Crippen LogP contribution >= 0.6 is 22.6 Å². The van der Waals surface area contributed by atoms with Crippen molar-refractivity contribution >= 4 is 46.8 Å². The molecule has 1 aliphatic carbocycles. The van der Waals surface area contributed by atoms with Crippen molar-refractivity contribution in [2.24, 2.45) is 0 Å². The zero-order valence-electron chi connectivity index (χ0n) is 24.9. The molecule has 11 heteroatoms. The van der Waals surface area contributed by atoms with Crippen molar-refractivity contribution in [3.05, 3.63) is 62.2 Å². The van der Waals surface area contributed by atoms with Crippen LogP contribution < -0.4 is 4.18 Å². The SMILES string of the molecule is C#C[Si](C)(C)C.CCOC(=O)C1CCC(C)(C)c2cc(OS(=O)(=O)C(F)(F)F)c(C)cc21.CCc1ccc(I)cc1. The summed E-state index contributed by atoms with van der Waals surface area (Å²) in [5.74, 6) is -1.33. The van der Waals surface area contributed by atoms with Crippen molar-refractivity contribution in [1.29, 1.82) is 0 Å². The van der Waals surface area contributed by atoms with E-state index in [1.807, 2.05) is 13.8 Å². The van der Waals surface area contributed by atoms with Crippen molar-refractivity contribution in [2.45, 2.75) is 90.4 Å². The highest BCUT2D eigenvalue weighted by Crippen LogP contribution is 2.46. The molecule has 0 saturated carbocycles. The fraction of sp³-hybridized carbons (Fsp3) is 0.500. The van der Waals surface area contributed by atoms with Crippen LogP contribution in [0.25, 0.3) is 0 Å². The van der Waals surface area contributed by atoms with Crippen molar-refractivity contribution in [3.8, 4) is 17.7 Å². The molecule has 0 radical (unpaired) electrons. The number of fused-ring (bicyclic) bond motifs is 1. The summed E-state index contributed by atoms with van der Waals surface area (Å²) in [6.45, 7) is 15.7. The molecule has 1 atom stereocenters. The van der Waals surface area contributed by atoms with Crippen molar-refractivity contribution in [3.63, 3.8) is 0 Å². The second-order valence-corrected chi connectivity index (χ2v) is 18.9. The lowest BCUT2D eigenvalue weighted by atomic mass is 9.68. The summed E-state index contributed by atoms with van der Waals surface area (Å²) < 4.78 is 71.3. The summed E-state index contributed by atoms with van der Waals surface area (Å²) in [6.07, 6.45) is 7.39. The van der Waals surface area contributed by atoms with Crippen molar-refractivity contribution in [2.75, 3.05) is 6.61 Å². The van der Waals surface area contributed by atoms with Crippen LogP contribution in [0.3, 0.4) is 0 Å². The van der Waals surface area contributed by atoms with E-state index in [9.17, 15) is 26.4 Å². The molecule has 3 rings (SSSR count). The molecule has 0 amide bonds. The van der Waals surface area contributed by atoms with E-state index >= 15 is 0 Å². The number of esters is 1. The molecule has 0 fully saturated rings. The Bertz CT molecular complexity index is 1330. The van der Waals surface area contributed by atoms with Gasteiger partial charge in [-0.1, -0.05) is 58.6 Å². The van der Waals surface area contributed by atoms with Gasteiger partial charge in [-0.2, -0.15) is 21.6 Å². The van der Waals surface area contributed by atoms with Crippen LogP contribution in [0, 0.1) is 22.5 Å². The number of terminal acetylenes is 1. The van der Waals surface area contributed by atoms with Crippen LogP contribution in [0.5, 0.6) is 5.75 Å². The summed E-state index contributed by atoms with van der Waals surface area (Å²) in [7, 11) is -6.87. The normalized spacial score (nSPS) is 16.0. The molecule has 0 saturated heterocycles. The second-order valence-electron chi connectivity index (χ2n) is 11.3. The Morgan fingerprint density at radius 3 is 2.12 bits per heavy atom. The monoisotopic (exact) mass is 724 g/mol. The highest BCUT2D eigenvalue weighted by atomic mass is 127. The number of hydrogen-bond donors (Lipinski definition) is 0. The Morgan fingerprint density at radius 1 is 1.15 bits per heavy atom. The maximum Gasteiger partial charge on any atom is 0.534 e. The van der Waals surface area contributed by atoms with Crippen LogP contribution in [0.2, 0.25) is 19.6 Å². The molecule has 0 bridgehead atoms. The number of carbonyl (C=O) groups is 1. The van der Waals surface area contributed by atoms with E-state index in [0.29, 0.717) is 24.0 Å². The van der Waals surface area contributed by atoms with Crippen LogP contribution in [0.15, 0.2) is 36.4 Å². The topological polar surface area (TPSA) is 69.7 Å². The van der Waals surface area contributed by atoms with Gasteiger partial charge in [-0.15, -0.1) is 12.0 Å². The van der Waals surface area contributed by atoms with Gasteiger partial charge < -0.3 is 8.92 Å². The zero-order valence-corrected chi connectivity index (χ0v) is 28.9. The number of carbonyl (C=O) groups excluding carboxylic acids is 1. The molecule has 2 aromatic rings. The fourth-order valence-electron chi connectivity index (χ4n) is 3.84. The molecule has 228 valence electrons. The minimum absolute atomic E-state index is 0.198. The second kappa shape index (κ2) is 14.9. The third-order valence-corrected chi connectivity index (χ3v) is 8.87. The fourth-order valence-corrected chi connectivity index (χ4v) is 4.71. The first-order valence-electron chi connectivity index (χ1n) is 13.2. The average Bonchev–Trinajstić information content (AvgIpc) is 2.85. The first kappa shape index (κ1) is 37.0. The molecule has 0 heterocycles. The number of halogens is 4. The van der Waals surface area contributed by atoms with Gasteiger partial charge in [0.25, 0.3) is 0 Å². The molecular weight excluding hydrogens is 684 g/mol. The van der Waals surface area contributed by atoms with E-state index in [1.165, 1.54) is 28.2 Å². The summed E-state index contributed by atoms with van der Waals surface area (Å²) in [5.41, 5.74) is -0.398. The molecule has 5 nitrogen and oxygen atoms in total. The summed E-state index contributed by atoms with van der Waals surface area (Å²) in [5, 5.41) is 0. The van der Waals surface area contributed by atoms with Crippen LogP contribution in [0.1, 0.15) is 68.7 Å². The Hall–Kier alpha value is -2.04. The third kappa shape index (κ3) is 11.3. The summed E-state index contributed by atoms with van der Waals surface area (Å²) in [6, 6.07) is 11.4. The van der Waals surface area contributed by atoms with E-state index in [0.717, 1.165) is 6.42 Å². The van der Waals surface area contributed by atoms with Gasteiger partial charge in [0.1, 0.15) is 13.8 Å². The molecule has 0 N–H and O–H groups in total. The van der Waals surface area contributed by atoms with Crippen molar-refractivity contribution in [1.82, 2.24) is 0 Å². The minimum atomic E-state index is -5.77. The molecule has 41 heavy (non-hydrogen) atoms. The van der Waals surface area contributed by atoms with E-state index in [1.54, 1.807) is 6.92 Å². The number of aryl methyl sites for hydroxylation is 2. The lowest BCUT2D eigenvalue weighted by molar-refractivity contribution is -0.145. The highest BCUT2D eigenvalue weighted by Gasteiger charge is 2.49. The van der Waals surface area contributed by atoms with Gasteiger partial charge in [0.15, 0.2) is 0 Å². The number of hydrogen-bond acceptors (Lipinski definition) is 5. The van der Waals surface area contributed by atoms with Crippen LogP contribution in [-0.4, -0.2) is 34.6 Å². The molecule has 0 aromatic heterocycles. The number of ether oxygens (including phenoxy) is 1. The summed E-state index contributed by atoms with van der Waals surface area (Å²) in [4.78, 5) is 12.2. The molecular formula is C30H40F3IO5SSi. The predicted octanol–water partition coefficient (Wildman–Crippen LogP) is 8.29. The quantitative estimate of drug-likeness (QED) is 0.0776. The first-order chi connectivity index (χ1) is 18.7. The predicted molar refractivity (Wildman–Crippen MR) is 169 cm³/mol. The molecule has 0 aliphatic heterocycles. The highest BCUT2D eigenvalue weighted by molar-refractivity contribution is 14.1. The maximum absolute atomic E-state index is 12.6.